The van der Waals surface area contributed by atoms with Gasteiger partial charge in [-0.2, -0.15) is 0 Å². The second kappa shape index (κ2) is 7.28. The molecule has 1 saturated carbocycles. The minimum atomic E-state index is 0.0122. The van der Waals surface area contributed by atoms with Crippen molar-refractivity contribution < 1.29 is 9.53 Å². The number of carbonyl (C=O) groups excluding carboxylic acids is 1. The standard InChI is InChI=1S/C19H27NO2/c1-14(18-8-5-13-22-18)20-19(21)17-11-9-16(10-12-17)15-6-3-2-4-7-15/h9-12,14-15,18H,2-8,13H2,1H3,(H,20,21). The number of hydrogen-bond acceptors (Lipinski definition) is 2. The van der Waals surface area contributed by atoms with Gasteiger partial charge in [-0.25, -0.2) is 0 Å². The molecular formula is C19H27NO2. The quantitative estimate of drug-likeness (QED) is 0.911. The molecule has 3 heteroatoms. The van der Waals surface area contributed by atoms with Gasteiger partial charge < -0.3 is 10.1 Å². The molecule has 1 N–H and O–H groups in total. The summed E-state index contributed by atoms with van der Waals surface area (Å²) in [6, 6.07) is 8.31. The summed E-state index contributed by atoms with van der Waals surface area (Å²) in [7, 11) is 0. The molecular weight excluding hydrogens is 274 g/mol. The lowest BCUT2D eigenvalue weighted by Gasteiger charge is -2.22. The van der Waals surface area contributed by atoms with Crippen LogP contribution in [-0.4, -0.2) is 24.7 Å². The van der Waals surface area contributed by atoms with Gasteiger partial charge in [0.1, 0.15) is 0 Å². The molecule has 2 aliphatic rings. The average Bonchev–Trinajstić information content (AvgIpc) is 3.10. The first-order valence-electron chi connectivity index (χ1n) is 8.76. The van der Waals surface area contributed by atoms with Crippen LogP contribution < -0.4 is 5.32 Å². The van der Waals surface area contributed by atoms with Gasteiger partial charge in [0.15, 0.2) is 0 Å². The van der Waals surface area contributed by atoms with Gasteiger partial charge in [0.2, 0.25) is 0 Å². The zero-order chi connectivity index (χ0) is 15.4. The molecule has 2 unspecified atom stereocenters. The molecule has 3 rings (SSSR count). The molecule has 1 heterocycles. The third-order valence-corrected chi connectivity index (χ3v) is 5.13. The monoisotopic (exact) mass is 301 g/mol. The van der Waals surface area contributed by atoms with E-state index in [9.17, 15) is 4.79 Å². The number of rotatable bonds is 4. The predicted molar refractivity (Wildman–Crippen MR) is 88.2 cm³/mol. The number of ether oxygens (including phenoxy) is 1. The molecule has 0 radical (unpaired) electrons. The summed E-state index contributed by atoms with van der Waals surface area (Å²) >= 11 is 0. The van der Waals surface area contributed by atoms with Crippen LogP contribution in [0.2, 0.25) is 0 Å². The second-order valence-corrected chi connectivity index (χ2v) is 6.77. The average molecular weight is 301 g/mol. The van der Waals surface area contributed by atoms with Crippen molar-refractivity contribution in [3.05, 3.63) is 35.4 Å². The summed E-state index contributed by atoms with van der Waals surface area (Å²) in [4.78, 5) is 12.3. The Balaban J connectivity index is 1.58. The predicted octanol–water partition coefficient (Wildman–Crippen LogP) is 4.03. The fourth-order valence-corrected chi connectivity index (χ4v) is 3.72. The van der Waals surface area contributed by atoms with Gasteiger partial charge in [-0.3, -0.25) is 4.79 Å². The lowest BCUT2D eigenvalue weighted by molar-refractivity contribution is 0.0712. The highest BCUT2D eigenvalue weighted by molar-refractivity contribution is 5.94. The topological polar surface area (TPSA) is 38.3 Å². The highest BCUT2D eigenvalue weighted by atomic mass is 16.5. The Morgan fingerprint density at radius 3 is 2.45 bits per heavy atom. The van der Waals surface area contributed by atoms with Gasteiger partial charge in [-0.15, -0.1) is 0 Å². The molecule has 2 fully saturated rings. The van der Waals surface area contributed by atoms with Crippen molar-refractivity contribution >= 4 is 5.91 Å². The summed E-state index contributed by atoms with van der Waals surface area (Å²) in [6.45, 7) is 2.85. The first-order valence-corrected chi connectivity index (χ1v) is 8.76. The van der Waals surface area contributed by atoms with E-state index in [-0.39, 0.29) is 18.1 Å². The molecule has 1 saturated heterocycles. The van der Waals surface area contributed by atoms with Gasteiger partial charge in [-0.05, 0) is 56.2 Å². The van der Waals surface area contributed by atoms with Crippen molar-refractivity contribution in [3.63, 3.8) is 0 Å². The SMILES string of the molecule is CC(NC(=O)c1ccc(C2CCCCC2)cc1)C1CCCO1. The number of benzene rings is 1. The van der Waals surface area contributed by atoms with Gasteiger partial charge in [0.25, 0.3) is 5.91 Å². The minimum absolute atomic E-state index is 0.0122. The second-order valence-electron chi connectivity index (χ2n) is 6.77. The Labute approximate surface area is 133 Å². The first kappa shape index (κ1) is 15.5. The van der Waals surface area contributed by atoms with Crippen molar-refractivity contribution in [2.75, 3.05) is 6.61 Å². The van der Waals surface area contributed by atoms with Crippen LogP contribution in [0.5, 0.6) is 0 Å². The van der Waals surface area contributed by atoms with Gasteiger partial charge >= 0.3 is 0 Å². The Kier molecular flexibility index (Phi) is 5.14. The first-order chi connectivity index (χ1) is 10.7. The van der Waals surface area contributed by atoms with Crippen molar-refractivity contribution in [1.29, 1.82) is 0 Å². The van der Waals surface area contributed by atoms with E-state index < -0.39 is 0 Å². The molecule has 0 aromatic heterocycles. The maximum Gasteiger partial charge on any atom is 0.251 e. The van der Waals surface area contributed by atoms with E-state index >= 15 is 0 Å². The molecule has 120 valence electrons. The largest absolute Gasteiger partial charge is 0.376 e. The molecule has 1 aliphatic heterocycles. The Bertz CT molecular complexity index is 485. The van der Waals surface area contributed by atoms with Crippen LogP contribution in [0.15, 0.2) is 24.3 Å². The van der Waals surface area contributed by atoms with E-state index in [2.05, 4.69) is 17.4 Å². The molecule has 2 atom stereocenters. The third-order valence-electron chi connectivity index (χ3n) is 5.13. The Morgan fingerprint density at radius 1 is 1.09 bits per heavy atom. The third kappa shape index (κ3) is 3.70. The molecule has 0 spiro atoms. The number of nitrogens with one attached hydrogen (secondary N) is 1. The summed E-state index contributed by atoms with van der Waals surface area (Å²) < 4.78 is 5.64. The van der Waals surface area contributed by atoms with E-state index in [1.807, 2.05) is 19.1 Å². The van der Waals surface area contributed by atoms with Crippen molar-refractivity contribution in [3.8, 4) is 0 Å². The van der Waals surface area contributed by atoms with E-state index in [0.29, 0.717) is 5.92 Å². The van der Waals surface area contributed by atoms with E-state index in [0.717, 1.165) is 25.0 Å². The summed E-state index contributed by atoms with van der Waals surface area (Å²) in [5.74, 6) is 0.704. The van der Waals surface area contributed by atoms with Crippen LogP contribution in [0.1, 0.15) is 73.7 Å². The number of carbonyl (C=O) groups is 1. The molecule has 22 heavy (non-hydrogen) atoms. The molecule has 1 aliphatic carbocycles. The molecule has 1 amide bonds. The maximum atomic E-state index is 12.3. The van der Waals surface area contributed by atoms with Gasteiger partial charge in [-0.1, -0.05) is 31.4 Å². The fraction of sp³-hybridized carbons (Fsp3) is 0.632. The van der Waals surface area contributed by atoms with E-state index in [1.165, 1.54) is 37.7 Å². The number of hydrogen-bond donors (Lipinski definition) is 1. The highest BCUT2D eigenvalue weighted by Gasteiger charge is 2.24. The summed E-state index contributed by atoms with van der Waals surface area (Å²) in [5, 5.41) is 3.07. The molecule has 1 aromatic rings. The van der Waals surface area contributed by atoms with Crippen LogP contribution in [0.3, 0.4) is 0 Å². The molecule has 0 bridgehead atoms. The Hall–Kier alpha value is -1.35. The minimum Gasteiger partial charge on any atom is -0.376 e. The van der Waals surface area contributed by atoms with Crippen molar-refractivity contribution in [1.82, 2.24) is 5.32 Å². The summed E-state index contributed by atoms with van der Waals surface area (Å²) in [5.41, 5.74) is 2.15. The Morgan fingerprint density at radius 2 is 1.82 bits per heavy atom. The zero-order valence-corrected chi connectivity index (χ0v) is 13.5. The maximum absolute atomic E-state index is 12.3. The molecule has 3 nitrogen and oxygen atoms in total. The van der Waals surface area contributed by atoms with Crippen molar-refractivity contribution in [2.45, 2.75) is 69.9 Å². The van der Waals surface area contributed by atoms with Gasteiger partial charge in [0.05, 0.1) is 12.1 Å². The number of amides is 1. The highest BCUT2D eigenvalue weighted by Crippen LogP contribution is 2.32. The van der Waals surface area contributed by atoms with Crippen LogP contribution in [0.4, 0.5) is 0 Å². The zero-order valence-electron chi connectivity index (χ0n) is 13.5. The van der Waals surface area contributed by atoms with Crippen LogP contribution >= 0.6 is 0 Å². The molecule has 1 aromatic carbocycles. The van der Waals surface area contributed by atoms with Crippen molar-refractivity contribution in [2.24, 2.45) is 0 Å². The van der Waals surface area contributed by atoms with Gasteiger partial charge in [0, 0.05) is 12.2 Å². The smallest absolute Gasteiger partial charge is 0.251 e. The van der Waals surface area contributed by atoms with E-state index in [4.69, 9.17) is 4.74 Å². The summed E-state index contributed by atoms with van der Waals surface area (Å²) in [6.07, 6.45) is 8.95. The normalized spacial score (nSPS) is 24.1. The fourth-order valence-electron chi connectivity index (χ4n) is 3.72. The lowest BCUT2D eigenvalue weighted by Crippen LogP contribution is -2.40. The lowest BCUT2D eigenvalue weighted by atomic mass is 9.84. The van der Waals surface area contributed by atoms with Crippen LogP contribution in [0.25, 0.3) is 0 Å². The van der Waals surface area contributed by atoms with Crippen LogP contribution in [0, 0.1) is 0 Å². The van der Waals surface area contributed by atoms with E-state index in [1.54, 1.807) is 0 Å². The van der Waals surface area contributed by atoms with Crippen LogP contribution in [-0.2, 0) is 4.74 Å².